The van der Waals surface area contributed by atoms with E-state index in [1.807, 2.05) is 16.7 Å². The molecule has 0 aromatic carbocycles. The lowest BCUT2D eigenvalue weighted by molar-refractivity contribution is 0.575. The van der Waals surface area contributed by atoms with Gasteiger partial charge in [-0.25, -0.2) is 9.97 Å². The van der Waals surface area contributed by atoms with Gasteiger partial charge >= 0.3 is 0 Å². The van der Waals surface area contributed by atoms with Gasteiger partial charge in [0.25, 0.3) is 5.56 Å². The molecule has 2 aliphatic rings. The summed E-state index contributed by atoms with van der Waals surface area (Å²) in [4.78, 5) is 23.2. The molecule has 2 aromatic heterocycles. The van der Waals surface area contributed by atoms with E-state index in [0.717, 1.165) is 38.4 Å². The van der Waals surface area contributed by atoms with E-state index in [4.69, 9.17) is 0 Å². The number of anilines is 1. The van der Waals surface area contributed by atoms with Gasteiger partial charge in [0.15, 0.2) is 0 Å². The molecule has 22 heavy (non-hydrogen) atoms. The first-order valence-corrected chi connectivity index (χ1v) is 8.05. The SMILES string of the molecule is O=c1ccc2c(n1CC1CC1)CCN(c1ncccn1)CC2. The standard InChI is InChI=1S/C17H20N4O/c22-16-5-4-14-6-10-20(17-18-8-1-9-19-17)11-7-15(14)21(16)12-13-2-3-13/h1,4-5,8-9,13H,2-3,6-7,10-12H2. The summed E-state index contributed by atoms with van der Waals surface area (Å²) in [6, 6.07) is 5.58. The van der Waals surface area contributed by atoms with Gasteiger partial charge in [-0.1, -0.05) is 6.07 Å². The Labute approximate surface area is 129 Å². The third kappa shape index (κ3) is 2.63. The minimum Gasteiger partial charge on any atom is -0.340 e. The van der Waals surface area contributed by atoms with Gasteiger partial charge in [0.05, 0.1) is 0 Å². The van der Waals surface area contributed by atoms with Crippen LogP contribution in [0.2, 0.25) is 0 Å². The number of nitrogens with zero attached hydrogens (tertiary/aromatic N) is 4. The molecule has 0 amide bonds. The van der Waals surface area contributed by atoms with E-state index in [0.29, 0.717) is 5.92 Å². The highest BCUT2D eigenvalue weighted by molar-refractivity contribution is 5.33. The number of fused-ring (bicyclic) bond motifs is 1. The molecule has 2 aromatic rings. The lowest BCUT2D eigenvalue weighted by atomic mass is 10.1. The number of rotatable bonds is 3. The van der Waals surface area contributed by atoms with Crippen LogP contribution in [0.1, 0.15) is 24.1 Å². The molecule has 4 rings (SSSR count). The summed E-state index contributed by atoms with van der Waals surface area (Å²) in [5, 5.41) is 0. The second-order valence-corrected chi connectivity index (χ2v) is 6.23. The number of hydrogen-bond acceptors (Lipinski definition) is 4. The molecule has 0 unspecified atom stereocenters. The lowest BCUT2D eigenvalue weighted by Crippen LogP contribution is -2.28. The monoisotopic (exact) mass is 296 g/mol. The van der Waals surface area contributed by atoms with E-state index < -0.39 is 0 Å². The molecule has 0 saturated heterocycles. The summed E-state index contributed by atoms with van der Waals surface area (Å²) in [6.07, 6.45) is 7.92. The predicted molar refractivity (Wildman–Crippen MR) is 85.1 cm³/mol. The average Bonchev–Trinajstić information content (AvgIpc) is 3.37. The number of aromatic nitrogens is 3. The van der Waals surface area contributed by atoms with Gasteiger partial charge in [-0.3, -0.25) is 4.79 Å². The Morgan fingerprint density at radius 3 is 2.64 bits per heavy atom. The summed E-state index contributed by atoms with van der Waals surface area (Å²) in [6.45, 7) is 2.66. The Bertz CT molecular complexity index is 721. The van der Waals surface area contributed by atoms with Gasteiger partial charge in [0, 0.05) is 50.2 Å². The van der Waals surface area contributed by atoms with E-state index in [-0.39, 0.29) is 5.56 Å². The molecule has 0 bridgehead atoms. The summed E-state index contributed by atoms with van der Waals surface area (Å²) in [7, 11) is 0. The molecule has 1 saturated carbocycles. The topological polar surface area (TPSA) is 51.0 Å². The van der Waals surface area contributed by atoms with Crippen LogP contribution in [0.15, 0.2) is 35.4 Å². The maximum absolute atomic E-state index is 12.2. The van der Waals surface area contributed by atoms with Crippen molar-refractivity contribution in [3.8, 4) is 0 Å². The fourth-order valence-corrected chi connectivity index (χ4v) is 3.21. The van der Waals surface area contributed by atoms with Crippen LogP contribution in [-0.2, 0) is 19.4 Å². The molecular formula is C17H20N4O. The maximum Gasteiger partial charge on any atom is 0.250 e. The van der Waals surface area contributed by atoms with Crippen LogP contribution < -0.4 is 10.5 Å². The number of hydrogen-bond donors (Lipinski definition) is 0. The zero-order valence-electron chi connectivity index (χ0n) is 12.6. The predicted octanol–water partition coefficient (Wildman–Crippen LogP) is 1.65. The normalized spacial score (nSPS) is 17.9. The van der Waals surface area contributed by atoms with Crippen molar-refractivity contribution in [3.63, 3.8) is 0 Å². The van der Waals surface area contributed by atoms with Gasteiger partial charge in [-0.05, 0) is 36.8 Å². The highest BCUT2D eigenvalue weighted by atomic mass is 16.1. The van der Waals surface area contributed by atoms with E-state index in [1.54, 1.807) is 18.5 Å². The van der Waals surface area contributed by atoms with Gasteiger partial charge < -0.3 is 9.47 Å². The molecular weight excluding hydrogens is 276 g/mol. The van der Waals surface area contributed by atoms with Crippen LogP contribution in [0, 0.1) is 5.92 Å². The first-order valence-electron chi connectivity index (χ1n) is 8.05. The second-order valence-electron chi connectivity index (χ2n) is 6.23. The third-order valence-electron chi connectivity index (χ3n) is 4.63. The maximum atomic E-state index is 12.2. The van der Waals surface area contributed by atoms with Crippen molar-refractivity contribution in [2.45, 2.75) is 32.2 Å². The van der Waals surface area contributed by atoms with Gasteiger partial charge in [-0.2, -0.15) is 0 Å². The van der Waals surface area contributed by atoms with Crippen LogP contribution in [0.25, 0.3) is 0 Å². The smallest absolute Gasteiger partial charge is 0.250 e. The molecule has 1 aliphatic heterocycles. The van der Waals surface area contributed by atoms with Crippen LogP contribution in [-0.4, -0.2) is 27.6 Å². The van der Waals surface area contributed by atoms with Gasteiger partial charge in [0.1, 0.15) is 0 Å². The lowest BCUT2D eigenvalue weighted by Gasteiger charge is -2.19. The van der Waals surface area contributed by atoms with Crippen LogP contribution >= 0.6 is 0 Å². The highest BCUT2D eigenvalue weighted by Gasteiger charge is 2.25. The van der Waals surface area contributed by atoms with Crippen molar-refractivity contribution in [1.29, 1.82) is 0 Å². The van der Waals surface area contributed by atoms with Crippen molar-refractivity contribution >= 4 is 5.95 Å². The molecule has 114 valence electrons. The third-order valence-corrected chi connectivity index (χ3v) is 4.63. The van der Waals surface area contributed by atoms with E-state index in [2.05, 4.69) is 14.9 Å². The summed E-state index contributed by atoms with van der Waals surface area (Å²) < 4.78 is 2.02. The van der Waals surface area contributed by atoms with E-state index in [1.165, 1.54) is 24.1 Å². The Balaban J connectivity index is 1.62. The van der Waals surface area contributed by atoms with E-state index in [9.17, 15) is 4.79 Å². The highest BCUT2D eigenvalue weighted by Crippen LogP contribution is 2.31. The van der Waals surface area contributed by atoms with Crippen LogP contribution in [0.3, 0.4) is 0 Å². The quantitative estimate of drug-likeness (QED) is 0.864. The van der Waals surface area contributed by atoms with Crippen LogP contribution in [0.4, 0.5) is 5.95 Å². The molecule has 0 radical (unpaired) electrons. The molecule has 1 fully saturated rings. The minimum atomic E-state index is 0.148. The summed E-state index contributed by atoms with van der Waals surface area (Å²) in [5.41, 5.74) is 2.67. The Kier molecular flexibility index (Phi) is 3.41. The summed E-state index contributed by atoms with van der Waals surface area (Å²) in [5.74, 6) is 1.49. The Hall–Kier alpha value is -2.17. The van der Waals surface area contributed by atoms with Crippen molar-refractivity contribution in [2.75, 3.05) is 18.0 Å². The molecule has 1 aliphatic carbocycles. The first-order chi connectivity index (χ1) is 10.8. The van der Waals surface area contributed by atoms with Crippen molar-refractivity contribution in [3.05, 3.63) is 52.2 Å². The Morgan fingerprint density at radius 1 is 1.09 bits per heavy atom. The Morgan fingerprint density at radius 2 is 1.86 bits per heavy atom. The largest absolute Gasteiger partial charge is 0.340 e. The first kappa shape index (κ1) is 13.5. The zero-order chi connectivity index (χ0) is 14.9. The number of pyridine rings is 1. The second kappa shape index (κ2) is 5.55. The molecule has 5 nitrogen and oxygen atoms in total. The molecule has 0 spiro atoms. The average molecular weight is 296 g/mol. The van der Waals surface area contributed by atoms with Crippen LogP contribution in [0.5, 0.6) is 0 Å². The molecule has 0 N–H and O–H groups in total. The van der Waals surface area contributed by atoms with Crippen molar-refractivity contribution < 1.29 is 0 Å². The summed E-state index contributed by atoms with van der Waals surface area (Å²) >= 11 is 0. The minimum absolute atomic E-state index is 0.148. The van der Waals surface area contributed by atoms with Crippen molar-refractivity contribution in [2.24, 2.45) is 5.92 Å². The van der Waals surface area contributed by atoms with Gasteiger partial charge in [0.2, 0.25) is 5.95 Å². The fraction of sp³-hybridized carbons (Fsp3) is 0.471. The molecule has 5 heteroatoms. The zero-order valence-corrected chi connectivity index (χ0v) is 12.6. The van der Waals surface area contributed by atoms with Gasteiger partial charge in [-0.15, -0.1) is 0 Å². The fourth-order valence-electron chi connectivity index (χ4n) is 3.21. The molecule has 0 atom stereocenters. The molecule has 3 heterocycles. The van der Waals surface area contributed by atoms with E-state index >= 15 is 0 Å². The van der Waals surface area contributed by atoms with Crippen molar-refractivity contribution in [1.82, 2.24) is 14.5 Å².